The normalized spacial score (nSPS) is 9.32. The van der Waals surface area contributed by atoms with E-state index in [1.54, 1.807) is 18.2 Å². The molecular weight excluding hydrogens is 240 g/mol. The Morgan fingerprint density at radius 1 is 0.842 bits per heavy atom. The second-order valence-electron chi connectivity index (χ2n) is 3.95. The number of nitrogens with zero attached hydrogens (tertiary/aromatic N) is 2. The van der Waals surface area contributed by atoms with Crippen molar-refractivity contribution in [1.82, 2.24) is 0 Å². The predicted molar refractivity (Wildman–Crippen MR) is 72.2 cm³/mol. The highest BCUT2D eigenvalue weighted by molar-refractivity contribution is 5.71. The lowest BCUT2D eigenvalue weighted by Gasteiger charge is -2.06. The fourth-order valence-electron chi connectivity index (χ4n) is 1.86. The zero-order valence-corrected chi connectivity index (χ0v) is 10.3. The average Bonchev–Trinajstić information content (AvgIpc) is 2.41. The fraction of sp³-hybridized carbons (Fsp3) is 0.0667. The molecule has 4 heteroatoms. The van der Waals surface area contributed by atoms with Crippen LogP contribution in [-0.4, -0.2) is 12.2 Å². The van der Waals surface area contributed by atoms with Crippen LogP contribution in [0.25, 0.3) is 11.1 Å². The van der Waals surface area contributed by atoms with E-state index in [0.717, 1.165) is 16.7 Å². The van der Waals surface area contributed by atoms with E-state index in [2.05, 4.69) is 9.98 Å². The fourth-order valence-corrected chi connectivity index (χ4v) is 1.86. The monoisotopic (exact) mass is 250 g/mol. The average molecular weight is 250 g/mol. The molecule has 0 saturated carbocycles. The molecule has 0 unspecified atom stereocenters. The molecule has 19 heavy (non-hydrogen) atoms. The van der Waals surface area contributed by atoms with Crippen LogP contribution in [0.15, 0.2) is 52.4 Å². The van der Waals surface area contributed by atoms with E-state index in [0.29, 0.717) is 11.4 Å². The zero-order valence-electron chi connectivity index (χ0n) is 10.3. The lowest BCUT2D eigenvalue weighted by Crippen LogP contribution is -1.82. The summed E-state index contributed by atoms with van der Waals surface area (Å²) in [5, 5.41) is 0. The quantitative estimate of drug-likeness (QED) is 0.617. The Bertz CT molecular complexity index is 693. The second-order valence-corrected chi connectivity index (χ2v) is 3.95. The Morgan fingerprint density at radius 2 is 1.42 bits per heavy atom. The van der Waals surface area contributed by atoms with Gasteiger partial charge in [-0.1, -0.05) is 18.2 Å². The number of aryl methyl sites for hydroxylation is 1. The molecule has 2 aromatic rings. The summed E-state index contributed by atoms with van der Waals surface area (Å²) in [6.45, 7) is 1.94. The molecule has 0 aromatic heterocycles. The molecule has 0 spiro atoms. The lowest BCUT2D eigenvalue weighted by molar-refractivity contribution is 0.564. The van der Waals surface area contributed by atoms with Crippen molar-refractivity contribution < 1.29 is 9.59 Å². The van der Waals surface area contributed by atoms with E-state index in [9.17, 15) is 9.59 Å². The molecular formula is C15H10N2O2. The van der Waals surface area contributed by atoms with Gasteiger partial charge < -0.3 is 0 Å². The van der Waals surface area contributed by atoms with Crippen LogP contribution < -0.4 is 0 Å². The van der Waals surface area contributed by atoms with E-state index in [4.69, 9.17) is 0 Å². The number of carbonyl (C=O) groups excluding carboxylic acids is 2. The van der Waals surface area contributed by atoms with Crippen LogP contribution in [0.3, 0.4) is 0 Å². The Hall–Kier alpha value is -2.80. The van der Waals surface area contributed by atoms with E-state index in [1.807, 2.05) is 31.2 Å². The molecule has 0 amide bonds. The summed E-state index contributed by atoms with van der Waals surface area (Å²) in [6.07, 6.45) is 3.02. The summed E-state index contributed by atoms with van der Waals surface area (Å²) in [7, 11) is 0. The van der Waals surface area contributed by atoms with E-state index in [1.165, 1.54) is 12.2 Å². The molecule has 2 aromatic carbocycles. The number of aliphatic imine (C=N–C) groups is 2. The molecule has 4 nitrogen and oxygen atoms in total. The van der Waals surface area contributed by atoms with Crippen molar-refractivity contribution >= 4 is 23.5 Å². The van der Waals surface area contributed by atoms with Gasteiger partial charge >= 0.3 is 0 Å². The molecule has 0 heterocycles. The molecule has 0 saturated heterocycles. The highest BCUT2D eigenvalue weighted by Crippen LogP contribution is 2.28. The van der Waals surface area contributed by atoms with Gasteiger partial charge in [0.2, 0.25) is 12.2 Å². The maximum Gasteiger partial charge on any atom is 0.240 e. The van der Waals surface area contributed by atoms with Gasteiger partial charge in [0.25, 0.3) is 0 Å². The van der Waals surface area contributed by atoms with Crippen molar-refractivity contribution in [2.24, 2.45) is 9.98 Å². The van der Waals surface area contributed by atoms with Crippen molar-refractivity contribution in [3.8, 4) is 11.1 Å². The molecule has 0 aliphatic rings. The topological polar surface area (TPSA) is 58.9 Å². The maximum atomic E-state index is 10.2. The molecule has 0 atom stereocenters. The second kappa shape index (κ2) is 5.69. The minimum atomic E-state index is 0.568. The summed E-state index contributed by atoms with van der Waals surface area (Å²) < 4.78 is 0. The van der Waals surface area contributed by atoms with Crippen molar-refractivity contribution in [3.05, 3.63) is 48.0 Å². The van der Waals surface area contributed by atoms with Crippen LogP contribution in [0, 0.1) is 6.92 Å². The third-order valence-corrected chi connectivity index (χ3v) is 2.74. The first-order valence-electron chi connectivity index (χ1n) is 5.61. The molecule has 0 aliphatic carbocycles. The minimum Gasteiger partial charge on any atom is -0.211 e. The molecule has 0 bridgehead atoms. The summed E-state index contributed by atoms with van der Waals surface area (Å²) in [5.41, 5.74) is 4.19. The van der Waals surface area contributed by atoms with Gasteiger partial charge in [-0.25, -0.2) is 9.59 Å². The number of hydrogen-bond acceptors (Lipinski definition) is 4. The third-order valence-electron chi connectivity index (χ3n) is 2.74. The Balaban J connectivity index is 2.41. The predicted octanol–water partition coefficient (Wildman–Crippen LogP) is 3.60. The Kier molecular flexibility index (Phi) is 3.79. The third kappa shape index (κ3) is 2.90. The number of rotatable bonds is 3. The maximum absolute atomic E-state index is 10.2. The molecule has 0 radical (unpaired) electrons. The van der Waals surface area contributed by atoms with Gasteiger partial charge in [-0.05, 0) is 47.9 Å². The van der Waals surface area contributed by atoms with Crippen LogP contribution >= 0.6 is 0 Å². The first-order valence-corrected chi connectivity index (χ1v) is 5.61. The van der Waals surface area contributed by atoms with Crippen molar-refractivity contribution in [1.29, 1.82) is 0 Å². The molecule has 2 rings (SSSR count). The summed E-state index contributed by atoms with van der Waals surface area (Å²) in [6, 6.07) is 12.7. The van der Waals surface area contributed by atoms with Crippen molar-refractivity contribution in [2.75, 3.05) is 0 Å². The van der Waals surface area contributed by atoms with Gasteiger partial charge in [-0.3, -0.25) is 0 Å². The Morgan fingerprint density at radius 3 is 2.00 bits per heavy atom. The van der Waals surface area contributed by atoms with Gasteiger partial charge in [0, 0.05) is 0 Å². The smallest absolute Gasteiger partial charge is 0.211 e. The van der Waals surface area contributed by atoms with E-state index < -0.39 is 0 Å². The zero-order chi connectivity index (χ0) is 13.7. The molecule has 0 aliphatic heterocycles. The molecule has 0 N–H and O–H groups in total. The highest BCUT2D eigenvalue weighted by atomic mass is 16.1. The molecule has 92 valence electrons. The van der Waals surface area contributed by atoms with Crippen LogP contribution in [0.2, 0.25) is 0 Å². The summed E-state index contributed by atoms with van der Waals surface area (Å²) in [4.78, 5) is 27.5. The largest absolute Gasteiger partial charge is 0.240 e. The van der Waals surface area contributed by atoms with Gasteiger partial charge in [0.05, 0.1) is 11.4 Å². The summed E-state index contributed by atoms with van der Waals surface area (Å²) >= 11 is 0. The van der Waals surface area contributed by atoms with Crippen LogP contribution in [-0.2, 0) is 9.59 Å². The highest BCUT2D eigenvalue weighted by Gasteiger charge is 2.03. The van der Waals surface area contributed by atoms with E-state index in [-0.39, 0.29) is 0 Å². The Labute approximate surface area is 110 Å². The molecule has 0 fully saturated rings. The summed E-state index contributed by atoms with van der Waals surface area (Å²) in [5.74, 6) is 0. The number of hydrogen-bond donors (Lipinski definition) is 0. The SMILES string of the molecule is Cc1cc(N=C=O)ccc1-c1ccc(N=C=O)cc1. The first-order chi connectivity index (χ1) is 9.24. The van der Waals surface area contributed by atoms with Crippen LogP contribution in [0.1, 0.15) is 5.56 Å². The van der Waals surface area contributed by atoms with Crippen LogP contribution in [0.5, 0.6) is 0 Å². The van der Waals surface area contributed by atoms with Gasteiger partial charge in [0.1, 0.15) is 0 Å². The number of benzene rings is 2. The first kappa shape index (κ1) is 12.7. The van der Waals surface area contributed by atoms with Gasteiger partial charge in [0.15, 0.2) is 0 Å². The minimum absolute atomic E-state index is 0.568. The van der Waals surface area contributed by atoms with Crippen LogP contribution in [0.4, 0.5) is 11.4 Å². The van der Waals surface area contributed by atoms with Crippen molar-refractivity contribution in [3.63, 3.8) is 0 Å². The van der Waals surface area contributed by atoms with E-state index >= 15 is 0 Å². The van der Waals surface area contributed by atoms with Crippen molar-refractivity contribution in [2.45, 2.75) is 6.92 Å². The van der Waals surface area contributed by atoms with Gasteiger partial charge in [-0.15, -0.1) is 0 Å². The lowest BCUT2D eigenvalue weighted by atomic mass is 10.00. The van der Waals surface area contributed by atoms with Gasteiger partial charge in [-0.2, -0.15) is 9.98 Å². The standard InChI is InChI=1S/C15H10N2O2/c1-11-8-14(17-10-19)6-7-15(11)12-2-4-13(5-3-12)16-9-18/h2-8H,1H3. The number of isocyanates is 2.